The summed E-state index contributed by atoms with van der Waals surface area (Å²) >= 11 is 0. The zero-order valence-corrected chi connectivity index (χ0v) is 9.23. The highest BCUT2D eigenvalue weighted by molar-refractivity contribution is 6.21. The maximum atomic E-state index is 13.7. The Hall–Kier alpha value is -1.71. The summed E-state index contributed by atoms with van der Waals surface area (Å²) in [5.74, 6) is -0.694. The lowest BCUT2D eigenvalue weighted by atomic mass is 10.1. The zero-order chi connectivity index (χ0) is 12.0. The molecule has 0 radical (unpaired) electrons. The maximum Gasteiger partial charge on any atom is 0.261 e. The van der Waals surface area contributed by atoms with Gasteiger partial charge in [-0.15, -0.1) is 0 Å². The topological polar surface area (TPSA) is 37.4 Å². The first-order valence-electron chi connectivity index (χ1n) is 5.81. The highest BCUT2D eigenvalue weighted by atomic mass is 19.1. The zero-order valence-electron chi connectivity index (χ0n) is 9.23. The Morgan fingerprint density at radius 1 is 1.06 bits per heavy atom. The van der Waals surface area contributed by atoms with Crippen LogP contribution in [0.4, 0.5) is 4.39 Å². The molecule has 1 heterocycles. The highest BCUT2D eigenvalue weighted by Gasteiger charge is 2.44. The van der Waals surface area contributed by atoms with Crippen molar-refractivity contribution in [1.29, 1.82) is 0 Å². The number of nitrogens with zero attached hydrogens (tertiary/aromatic N) is 1. The number of halogens is 1. The lowest BCUT2D eigenvalue weighted by Crippen LogP contribution is -2.42. The third-order valence-electron chi connectivity index (χ3n) is 3.55. The standard InChI is InChI=1S/C13H12FNO2/c14-10-6-3-7-11(10)15-12(16)8-4-1-2-5-9(8)13(15)17/h1-2,4-5,10-11H,3,6-7H2/t10-,11+/m1/s1. The van der Waals surface area contributed by atoms with Crippen molar-refractivity contribution < 1.29 is 14.0 Å². The van der Waals surface area contributed by atoms with Crippen LogP contribution in [0.2, 0.25) is 0 Å². The quantitative estimate of drug-likeness (QED) is 0.697. The monoisotopic (exact) mass is 233 g/mol. The molecular formula is C13H12FNO2. The van der Waals surface area contributed by atoms with Gasteiger partial charge in [-0.25, -0.2) is 4.39 Å². The molecule has 1 fully saturated rings. The molecule has 0 saturated heterocycles. The Labute approximate surface area is 98.2 Å². The molecule has 88 valence electrons. The summed E-state index contributed by atoms with van der Waals surface area (Å²) in [6.45, 7) is 0. The van der Waals surface area contributed by atoms with E-state index >= 15 is 0 Å². The SMILES string of the molecule is O=C1c2ccccc2C(=O)N1[C@H]1CCC[C@H]1F. The number of carbonyl (C=O) groups is 2. The number of hydrogen-bond acceptors (Lipinski definition) is 2. The summed E-state index contributed by atoms with van der Waals surface area (Å²) in [7, 11) is 0. The van der Waals surface area contributed by atoms with Crippen LogP contribution in [0.25, 0.3) is 0 Å². The van der Waals surface area contributed by atoms with E-state index in [1.807, 2.05) is 0 Å². The van der Waals surface area contributed by atoms with Crippen LogP contribution in [0.3, 0.4) is 0 Å². The molecule has 0 aromatic heterocycles. The summed E-state index contributed by atoms with van der Waals surface area (Å²) in [5.41, 5.74) is 0.799. The smallest absolute Gasteiger partial charge is 0.261 e. The maximum absolute atomic E-state index is 13.7. The number of hydrogen-bond donors (Lipinski definition) is 0. The number of fused-ring (bicyclic) bond motifs is 1. The molecule has 1 aliphatic carbocycles. The van der Waals surface area contributed by atoms with Crippen molar-refractivity contribution in [3.63, 3.8) is 0 Å². The van der Waals surface area contributed by atoms with E-state index in [4.69, 9.17) is 0 Å². The van der Waals surface area contributed by atoms with E-state index in [-0.39, 0.29) is 11.8 Å². The molecule has 1 aromatic rings. The average molecular weight is 233 g/mol. The van der Waals surface area contributed by atoms with Crippen molar-refractivity contribution in [2.24, 2.45) is 0 Å². The van der Waals surface area contributed by atoms with E-state index in [0.717, 1.165) is 11.3 Å². The Bertz CT molecular complexity index is 465. The third kappa shape index (κ3) is 1.40. The fourth-order valence-electron chi connectivity index (χ4n) is 2.70. The van der Waals surface area contributed by atoms with E-state index in [2.05, 4.69) is 0 Å². The minimum Gasteiger partial charge on any atom is -0.269 e. The predicted octanol–water partition coefficient (Wildman–Crippen LogP) is 2.17. The number of amides is 2. The van der Waals surface area contributed by atoms with Crippen LogP contribution in [-0.4, -0.2) is 28.9 Å². The van der Waals surface area contributed by atoms with Crippen LogP contribution < -0.4 is 0 Å². The second-order valence-electron chi connectivity index (χ2n) is 4.54. The molecule has 1 aliphatic heterocycles. The van der Waals surface area contributed by atoms with E-state index in [1.54, 1.807) is 24.3 Å². The number of carbonyl (C=O) groups excluding carboxylic acids is 2. The first kappa shape index (κ1) is 10.4. The molecule has 17 heavy (non-hydrogen) atoms. The Kier molecular flexibility index (Phi) is 2.24. The second-order valence-corrected chi connectivity index (χ2v) is 4.54. The Balaban J connectivity index is 2.00. The van der Waals surface area contributed by atoms with E-state index in [0.29, 0.717) is 24.0 Å². The van der Waals surface area contributed by atoms with Gasteiger partial charge >= 0.3 is 0 Å². The van der Waals surface area contributed by atoms with Crippen molar-refractivity contribution in [3.05, 3.63) is 35.4 Å². The lowest BCUT2D eigenvalue weighted by molar-refractivity contribution is 0.0522. The minimum absolute atomic E-state index is 0.347. The van der Waals surface area contributed by atoms with Crippen LogP contribution in [0.5, 0.6) is 0 Å². The van der Waals surface area contributed by atoms with E-state index in [9.17, 15) is 14.0 Å². The first-order valence-corrected chi connectivity index (χ1v) is 5.81. The Morgan fingerprint density at radius 3 is 2.12 bits per heavy atom. The van der Waals surface area contributed by atoms with Crippen LogP contribution in [0, 0.1) is 0 Å². The van der Waals surface area contributed by atoms with Gasteiger partial charge in [0.1, 0.15) is 6.17 Å². The lowest BCUT2D eigenvalue weighted by Gasteiger charge is -2.23. The van der Waals surface area contributed by atoms with Crippen LogP contribution in [0.15, 0.2) is 24.3 Å². The average Bonchev–Trinajstić information content (AvgIpc) is 2.84. The molecule has 2 atom stereocenters. The predicted molar refractivity (Wildman–Crippen MR) is 59.5 cm³/mol. The van der Waals surface area contributed by atoms with Gasteiger partial charge < -0.3 is 0 Å². The van der Waals surface area contributed by atoms with Gasteiger partial charge in [0.2, 0.25) is 0 Å². The summed E-state index contributed by atoms with van der Waals surface area (Å²) in [4.78, 5) is 25.3. The summed E-state index contributed by atoms with van der Waals surface area (Å²) in [6.07, 6.45) is 0.682. The molecule has 2 amide bonds. The molecule has 0 N–H and O–H groups in total. The van der Waals surface area contributed by atoms with Crippen molar-refractivity contribution in [2.75, 3.05) is 0 Å². The summed E-state index contributed by atoms with van der Waals surface area (Å²) in [5, 5.41) is 0. The van der Waals surface area contributed by atoms with Crippen LogP contribution in [-0.2, 0) is 0 Å². The van der Waals surface area contributed by atoms with Gasteiger partial charge in [-0.2, -0.15) is 0 Å². The van der Waals surface area contributed by atoms with E-state index in [1.165, 1.54) is 0 Å². The largest absolute Gasteiger partial charge is 0.269 e. The molecule has 0 unspecified atom stereocenters. The van der Waals surface area contributed by atoms with E-state index < -0.39 is 12.2 Å². The number of benzene rings is 1. The molecule has 4 heteroatoms. The van der Waals surface area contributed by atoms with Gasteiger partial charge in [0.05, 0.1) is 17.2 Å². The summed E-state index contributed by atoms with van der Waals surface area (Å²) in [6, 6.07) is 6.11. The van der Waals surface area contributed by atoms with Gasteiger partial charge in [0, 0.05) is 0 Å². The van der Waals surface area contributed by atoms with Gasteiger partial charge in [-0.05, 0) is 31.4 Å². The minimum atomic E-state index is -1.07. The molecular weight excluding hydrogens is 221 g/mol. The molecule has 1 aromatic carbocycles. The Morgan fingerprint density at radius 2 is 1.65 bits per heavy atom. The van der Waals surface area contributed by atoms with Gasteiger partial charge in [-0.3, -0.25) is 14.5 Å². The number of imide groups is 1. The normalized spacial score (nSPS) is 27.7. The van der Waals surface area contributed by atoms with Gasteiger partial charge in [0.25, 0.3) is 11.8 Å². The van der Waals surface area contributed by atoms with Gasteiger partial charge in [-0.1, -0.05) is 12.1 Å². The van der Waals surface area contributed by atoms with Gasteiger partial charge in [0.15, 0.2) is 0 Å². The van der Waals surface area contributed by atoms with Crippen molar-refractivity contribution >= 4 is 11.8 Å². The summed E-state index contributed by atoms with van der Waals surface area (Å²) < 4.78 is 13.7. The molecule has 3 nitrogen and oxygen atoms in total. The van der Waals surface area contributed by atoms with Crippen LogP contribution >= 0.6 is 0 Å². The van der Waals surface area contributed by atoms with Crippen molar-refractivity contribution in [2.45, 2.75) is 31.5 Å². The molecule has 1 saturated carbocycles. The molecule has 2 aliphatic rings. The first-order chi connectivity index (χ1) is 8.20. The second kappa shape index (κ2) is 3.65. The number of alkyl halides is 1. The number of rotatable bonds is 1. The molecule has 3 rings (SSSR count). The third-order valence-corrected chi connectivity index (χ3v) is 3.55. The van der Waals surface area contributed by atoms with Crippen molar-refractivity contribution in [1.82, 2.24) is 4.90 Å². The van der Waals surface area contributed by atoms with Crippen molar-refractivity contribution in [3.8, 4) is 0 Å². The highest BCUT2D eigenvalue weighted by Crippen LogP contribution is 2.33. The fourth-order valence-corrected chi connectivity index (χ4v) is 2.70. The molecule has 0 spiro atoms. The molecule has 0 bridgehead atoms. The van der Waals surface area contributed by atoms with Crippen LogP contribution in [0.1, 0.15) is 40.0 Å². The fraction of sp³-hybridized carbons (Fsp3) is 0.385.